The predicted molar refractivity (Wildman–Crippen MR) is 48.5 cm³/mol. The van der Waals surface area contributed by atoms with E-state index in [1.54, 1.807) is 12.3 Å². The van der Waals surface area contributed by atoms with E-state index in [1.807, 2.05) is 0 Å². The first kappa shape index (κ1) is 7.94. The van der Waals surface area contributed by atoms with Crippen molar-refractivity contribution in [3.63, 3.8) is 0 Å². The van der Waals surface area contributed by atoms with Gasteiger partial charge in [0.1, 0.15) is 0 Å². The van der Waals surface area contributed by atoms with Crippen LogP contribution in [0.25, 0.3) is 0 Å². The number of aromatic carboxylic acids is 1. The van der Waals surface area contributed by atoms with Crippen LogP contribution in [0.1, 0.15) is 22.0 Å². The molecule has 4 heteroatoms. The topological polar surface area (TPSA) is 75.7 Å². The van der Waals surface area contributed by atoms with Crippen molar-refractivity contribution in [3.05, 3.63) is 29.3 Å². The first-order valence-electron chi connectivity index (χ1n) is 3.85. The highest BCUT2D eigenvalue weighted by molar-refractivity contribution is 5.91. The molecule has 0 aromatic heterocycles. The summed E-state index contributed by atoms with van der Waals surface area (Å²) >= 11 is 0. The molecule has 66 valence electrons. The number of nitrogens with zero attached hydrogens (tertiary/aromatic N) is 1. The van der Waals surface area contributed by atoms with Crippen LogP contribution in [-0.4, -0.2) is 17.3 Å². The van der Waals surface area contributed by atoms with Crippen LogP contribution in [0.3, 0.4) is 0 Å². The third-order valence-electron chi connectivity index (χ3n) is 2.01. The van der Waals surface area contributed by atoms with Crippen LogP contribution >= 0.6 is 0 Å². The maximum Gasteiger partial charge on any atom is 0.335 e. The molecule has 1 atom stereocenters. The highest BCUT2D eigenvalue weighted by Gasteiger charge is 2.16. The summed E-state index contributed by atoms with van der Waals surface area (Å²) in [5.74, 6) is -0.946. The van der Waals surface area contributed by atoms with E-state index in [9.17, 15) is 4.79 Å². The van der Waals surface area contributed by atoms with Gasteiger partial charge in [-0.25, -0.2) is 4.79 Å². The molecular weight excluding hydrogens is 168 g/mol. The average molecular weight is 176 g/mol. The van der Waals surface area contributed by atoms with Crippen molar-refractivity contribution in [2.24, 2.45) is 10.7 Å². The zero-order valence-corrected chi connectivity index (χ0v) is 6.77. The first-order valence-corrected chi connectivity index (χ1v) is 3.85. The molecule has 1 unspecified atom stereocenters. The van der Waals surface area contributed by atoms with Crippen molar-refractivity contribution in [2.75, 3.05) is 0 Å². The molecule has 0 aliphatic carbocycles. The molecule has 0 saturated heterocycles. The van der Waals surface area contributed by atoms with Crippen molar-refractivity contribution in [1.82, 2.24) is 0 Å². The van der Waals surface area contributed by atoms with Crippen LogP contribution in [0.15, 0.2) is 23.2 Å². The van der Waals surface area contributed by atoms with Gasteiger partial charge in [0.05, 0.1) is 17.3 Å². The van der Waals surface area contributed by atoms with Gasteiger partial charge in [-0.3, -0.25) is 4.99 Å². The maximum atomic E-state index is 10.6. The molecule has 0 spiro atoms. The first-order chi connectivity index (χ1) is 6.18. The van der Waals surface area contributed by atoms with E-state index in [4.69, 9.17) is 10.8 Å². The van der Waals surface area contributed by atoms with E-state index in [2.05, 4.69) is 4.99 Å². The molecule has 1 aromatic carbocycles. The fourth-order valence-corrected chi connectivity index (χ4v) is 1.31. The molecule has 0 amide bonds. The molecule has 1 aromatic rings. The summed E-state index contributed by atoms with van der Waals surface area (Å²) in [4.78, 5) is 14.6. The summed E-state index contributed by atoms with van der Waals surface area (Å²) in [5, 5.41) is 8.70. The third kappa shape index (κ3) is 1.21. The molecule has 3 N–H and O–H groups in total. The van der Waals surface area contributed by atoms with Gasteiger partial charge in [0, 0.05) is 6.21 Å². The summed E-state index contributed by atoms with van der Waals surface area (Å²) in [6, 6.07) is 4.57. The number of carbonyl (C=O) groups is 1. The Labute approximate surface area is 74.7 Å². The lowest BCUT2D eigenvalue weighted by Crippen LogP contribution is -2.07. The Kier molecular flexibility index (Phi) is 1.63. The molecule has 4 nitrogen and oxygen atoms in total. The molecule has 1 aliphatic rings. The van der Waals surface area contributed by atoms with Crippen LogP contribution in [0.2, 0.25) is 0 Å². The number of carboxylic acids is 1. The molecule has 1 aliphatic heterocycles. The second-order valence-electron chi connectivity index (χ2n) is 2.88. The predicted octanol–water partition coefficient (Wildman–Crippen LogP) is 1.10. The zero-order valence-electron chi connectivity index (χ0n) is 6.77. The fraction of sp³-hybridized carbons (Fsp3) is 0.111. The van der Waals surface area contributed by atoms with E-state index >= 15 is 0 Å². The Hall–Kier alpha value is -1.68. The molecule has 2 rings (SSSR count). The van der Waals surface area contributed by atoms with Gasteiger partial charge in [0.25, 0.3) is 0 Å². The number of nitrogens with two attached hydrogens (primary N) is 1. The minimum absolute atomic E-state index is 0.196. The lowest BCUT2D eigenvalue weighted by atomic mass is 10.1. The molecule has 0 radical (unpaired) electrons. The Balaban J connectivity index is 2.50. The van der Waals surface area contributed by atoms with Crippen LogP contribution in [0, 0.1) is 0 Å². The van der Waals surface area contributed by atoms with Crippen molar-refractivity contribution >= 4 is 17.9 Å². The summed E-state index contributed by atoms with van der Waals surface area (Å²) < 4.78 is 0. The van der Waals surface area contributed by atoms with E-state index in [1.165, 1.54) is 12.1 Å². The Morgan fingerprint density at radius 3 is 3.00 bits per heavy atom. The van der Waals surface area contributed by atoms with Gasteiger partial charge < -0.3 is 10.8 Å². The average Bonchev–Trinajstić information content (AvgIpc) is 2.47. The minimum Gasteiger partial charge on any atom is -0.478 e. The van der Waals surface area contributed by atoms with Crippen LogP contribution in [-0.2, 0) is 0 Å². The van der Waals surface area contributed by atoms with Crippen LogP contribution in [0.5, 0.6) is 0 Å². The van der Waals surface area contributed by atoms with Crippen molar-refractivity contribution in [2.45, 2.75) is 6.04 Å². The van der Waals surface area contributed by atoms with E-state index < -0.39 is 5.97 Å². The van der Waals surface area contributed by atoms with E-state index in [-0.39, 0.29) is 11.6 Å². The van der Waals surface area contributed by atoms with Crippen molar-refractivity contribution in [1.29, 1.82) is 0 Å². The van der Waals surface area contributed by atoms with Gasteiger partial charge in [-0.1, -0.05) is 6.07 Å². The zero-order chi connectivity index (χ0) is 9.42. The molecular formula is C9H8N2O2. The molecule has 0 saturated carbocycles. The summed E-state index contributed by atoms with van der Waals surface area (Å²) in [7, 11) is 0. The van der Waals surface area contributed by atoms with Crippen molar-refractivity contribution < 1.29 is 9.90 Å². The minimum atomic E-state index is -0.946. The summed E-state index contributed by atoms with van der Waals surface area (Å²) in [5.41, 5.74) is 7.46. The van der Waals surface area contributed by atoms with Gasteiger partial charge in [0.2, 0.25) is 0 Å². The van der Waals surface area contributed by atoms with E-state index in [0.717, 1.165) is 5.56 Å². The second kappa shape index (κ2) is 2.67. The molecule has 13 heavy (non-hydrogen) atoms. The SMILES string of the molecule is NC1C=Nc2cc(C(=O)O)ccc21. The number of carboxylic acid groups (broad SMARTS) is 1. The van der Waals surface area contributed by atoms with Crippen molar-refractivity contribution in [3.8, 4) is 0 Å². The third-order valence-corrected chi connectivity index (χ3v) is 2.01. The molecule has 1 heterocycles. The second-order valence-corrected chi connectivity index (χ2v) is 2.88. The maximum absolute atomic E-state index is 10.6. The lowest BCUT2D eigenvalue weighted by Gasteiger charge is -2.02. The van der Waals surface area contributed by atoms with E-state index in [0.29, 0.717) is 5.69 Å². The number of hydrogen-bond acceptors (Lipinski definition) is 3. The Bertz CT molecular complexity index is 399. The Morgan fingerprint density at radius 1 is 1.54 bits per heavy atom. The fourth-order valence-electron chi connectivity index (χ4n) is 1.31. The number of benzene rings is 1. The van der Waals surface area contributed by atoms with Gasteiger partial charge >= 0.3 is 5.97 Å². The number of hydrogen-bond donors (Lipinski definition) is 2. The van der Waals surface area contributed by atoms with Crippen LogP contribution in [0.4, 0.5) is 5.69 Å². The standard InChI is InChI=1S/C9H8N2O2/c10-7-4-11-8-3-5(9(12)13)1-2-6(7)8/h1-4,7H,10H2,(H,12,13). The summed E-state index contributed by atoms with van der Waals surface area (Å²) in [6.07, 6.45) is 1.61. The molecule has 0 fully saturated rings. The van der Waals surface area contributed by atoms with Gasteiger partial charge in [-0.2, -0.15) is 0 Å². The Morgan fingerprint density at radius 2 is 2.31 bits per heavy atom. The number of aliphatic imine (C=N–C) groups is 1. The number of fused-ring (bicyclic) bond motifs is 1. The largest absolute Gasteiger partial charge is 0.478 e. The summed E-state index contributed by atoms with van der Waals surface area (Å²) in [6.45, 7) is 0. The highest BCUT2D eigenvalue weighted by Crippen LogP contribution is 2.29. The van der Waals surface area contributed by atoms with Gasteiger partial charge in [0.15, 0.2) is 0 Å². The van der Waals surface area contributed by atoms with Crippen LogP contribution < -0.4 is 5.73 Å². The monoisotopic (exact) mass is 176 g/mol. The quantitative estimate of drug-likeness (QED) is 0.672. The van der Waals surface area contributed by atoms with Gasteiger partial charge in [-0.15, -0.1) is 0 Å². The normalized spacial score (nSPS) is 18.7. The highest BCUT2D eigenvalue weighted by atomic mass is 16.4. The smallest absolute Gasteiger partial charge is 0.335 e. The number of rotatable bonds is 1. The molecule has 0 bridgehead atoms. The lowest BCUT2D eigenvalue weighted by molar-refractivity contribution is 0.0697. The van der Waals surface area contributed by atoms with Gasteiger partial charge in [-0.05, 0) is 17.7 Å².